The molecule has 6 nitrogen and oxygen atoms in total. The van der Waals surface area contributed by atoms with E-state index in [0.29, 0.717) is 5.56 Å². The molecule has 0 aliphatic heterocycles. The maximum absolute atomic E-state index is 8.61. The van der Waals surface area contributed by atoms with Crippen molar-refractivity contribution in [2.75, 3.05) is 11.9 Å². The molecule has 0 fully saturated rings. The van der Waals surface area contributed by atoms with Crippen LogP contribution in [0.5, 0.6) is 0 Å². The van der Waals surface area contributed by atoms with E-state index in [1.54, 1.807) is 18.3 Å². The van der Waals surface area contributed by atoms with Gasteiger partial charge in [0.25, 0.3) is 0 Å². The molecule has 1 heterocycles. The third kappa shape index (κ3) is 2.82. The summed E-state index contributed by atoms with van der Waals surface area (Å²) in [5.74, 6) is 0.837. The lowest BCUT2D eigenvalue weighted by molar-refractivity contribution is 0.318. The summed E-state index contributed by atoms with van der Waals surface area (Å²) in [5.41, 5.74) is 7.09. The van der Waals surface area contributed by atoms with E-state index in [-0.39, 0.29) is 5.84 Å². The van der Waals surface area contributed by atoms with Crippen LogP contribution in [0.25, 0.3) is 0 Å². The van der Waals surface area contributed by atoms with Crippen LogP contribution in [0.15, 0.2) is 46.4 Å². The highest BCUT2D eigenvalue weighted by Crippen LogP contribution is 2.27. The number of amidine groups is 1. The fourth-order valence-electron chi connectivity index (χ4n) is 1.59. The molecule has 2 aromatic rings. The molecule has 0 unspecified atom stereocenters. The summed E-state index contributed by atoms with van der Waals surface area (Å²) in [6.07, 6.45) is 3.17. The molecule has 98 valence electrons. The Labute approximate surface area is 118 Å². The molecule has 0 saturated carbocycles. The summed E-state index contributed by atoms with van der Waals surface area (Å²) in [5, 5.41) is 11.6. The summed E-state index contributed by atoms with van der Waals surface area (Å²) in [4.78, 5) is 10.0. The van der Waals surface area contributed by atoms with Crippen molar-refractivity contribution in [3.05, 3.63) is 46.8 Å². The van der Waals surface area contributed by atoms with Crippen molar-refractivity contribution in [1.82, 2.24) is 9.97 Å². The van der Waals surface area contributed by atoms with Crippen molar-refractivity contribution < 1.29 is 5.21 Å². The van der Waals surface area contributed by atoms with Crippen LogP contribution in [0.4, 0.5) is 11.5 Å². The minimum absolute atomic E-state index is 0.0809. The number of anilines is 2. The van der Waals surface area contributed by atoms with Crippen molar-refractivity contribution in [3.63, 3.8) is 0 Å². The third-order valence-corrected chi connectivity index (χ3v) is 3.18. The number of rotatable bonds is 3. The number of oxime groups is 1. The lowest BCUT2D eigenvalue weighted by Crippen LogP contribution is -2.14. The van der Waals surface area contributed by atoms with Crippen LogP contribution in [-0.4, -0.2) is 28.1 Å². The Balaban J connectivity index is 2.30. The van der Waals surface area contributed by atoms with E-state index in [1.807, 2.05) is 24.1 Å². The van der Waals surface area contributed by atoms with Crippen LogP contribution >= 0.6 is 15.9 Å². The molecular formula is C12H12BrN5O. The molecule has 0 aliphatic carbocycles. The highest BCUT2D eigenvalue weighted by atomic mass is 79.9. The quantitative estimate of drug-likeness (QED) is 0.391. The number of hydrogen-bond acceptors (Lipinski definition) is 5. The lowest BCUT2D eigenvalue weighted by Gasteiger charge is -2.19. The molecule has 1 aromatic heterocycles. The molecule has 19 heavy (non-hydrogen) atoms. The zero-order valence-electron chi connectivity index (χ0n) is 10.2. The van der Waals surface area contributed by atoms with Gasteiger partial charge in [0.05, 0.1) is 4.47 Å². The SMILES string of the molecule is CN(c1ccc(C(N)=NO)cc1)c1ncncc1Br. The maximum atomic E-state index is 8.61. The smallest absolute Gasteiger partial charge is 0.170 e. The molecule has 0 amide bonds. The highest BCUT2D eigenvalue weighted by Gasteiger charge is 2.09. The Bertz CT molecular complexity index is 599. The normalized spacial score (nSPS) is 11.4. The van der Waals surface area contributed by atoms with Crippen LogP contribution in [0.3, 0.4) is 0 Å². The maximum Gasteiger partial charge on any atom is 0.170 e. The molecule has 3 N–H and O–H groups in total. The van der Waals surface area contributed by atoms with Gasteiger partial charge in [-0.2, -0.15) is 0 Å². The Morgan fingerprint density at radius 3 is 2.63 bits per heavy atom. The van der Waals surface area contributed by atoms with E-state index in [0.717, 1.165) is 16.0 Å². The molecule has 0 atom stereocenters. The molecule has 0 bridgehead atoms. The van der Waals surface area contributed by atoms with E-state index in [1.165, 1.54) is 6.33 Å². The van der Waals surface area contributed by atoms with Crippen molar-refractivity contribution in [2.24, 2.45) is 10.9 Å². The predicted octanol–water partition coefficient (Wildman–Crippen LogP) is 2.10. The largest absolute Gasteiger partial charge is 0.409 e. The first-order valence-electron chi connectivity index (χ1n) is 5.40. The second kappa shape index (κ2) is 5.66. The van der Waals surface area contributed by atoms with Gasteiger partial charge >= 0.3 is 0 Å². The van der Waals surface area contributed by atoms with Crippen LogP contribution in [0.2, 0.25) is 0 Å². The lowest BCUT2D eigenvalue weighted by atomic mass is 10.2. The molecule has 0 radical (unpaired) electrons. The van der Waals surface area contributed by atoms with Gasteiger partial charge in [-0.1, -0.05) is 5.16 Å². The molecule has 7 heteroatoms. The van der Waals surface area contributed by atoms with Crippen LogP contribution < -0.4 is 10.6 Å². The van der Waals surface area contributed by atoms with Gasteiger partial charge in [0.15, 0.2) is 11.7 Å². The van der Waals surface area contributed by atoms with E-state index in [2.05, 4.69) is 31.1 Å². The first kappa shape index (κ1) is 13.3. The Hall–Kier alpha value is -2.15. The molecular weight excluding hydrogens is 310 g/mol. The van der Waals surface area contributed by atoms with E-state index in [4.69, 9.17) is 10.9 Å². The number of hydrogen-bond donors (Lipinski definition) is 2. The number of nitrogens with zero attached hydrogens (tertiary/aromatic N) is 4. The van der Waals surface area contributed by atoms with Crippen LogP contribution in [0.1, 0.15) is 5.56 Å². The molecule has 2 rings (SSSR count). The second-order valence-corrected chi connectivity index (χ2v) is 4.64. The highest BCUT2D eigenvalue weighted by molar-refractivity contribution is 9.10. The minimum Gasteiger partial charge on any atom is -0.409 e. The zero-order valence-corrected chi connectivity index (χ0v) is 11.7. The second-order valence-electron chi connectivity index (χ2n) is 3.79. The monoisotopic (exact) mass is 321 g/mol. The molecule has 1 aromatic carbocycles. The number of benzene rings is 1. The average molecular weight is 322 g/mol. The summed E-state index contributed by atoms with van der Waals surface area (Å²) >= 11 is 3.40. The first-order valence-corrected chi connectivity index (χ1v) is 6.20. The standard InChI is InChI=1S/C12H12BrN5O/c1-18(12-10(13)6-15-7-16-12)9-4-2-8(3-5-9)11(14)17-19/h2-7,19H,1H3,(H2,14,17). The van der Waals surface area contributed by atoms with Gasteiger partial charge in [-0.15, -0.1) is 0 Å². The van der Waals surface area contributed by atoms with Gasteiger partial charge < -0.3 is 15.8 Å². The first-order chi connectivity index (χ1) is 9.13. The van der Waals surface area contributed by atoms with Gasteiger partial charge in [-0.25, -0.2) is 9.97 Å². The summed E-state index contributed by atoms with van der Waals surface area (Å²) in [6.45, 7) is 0. The fourth-order valence-corrected chi connectivity index (χ4v) is 2.08. The molecule has 0 spiro atoms. The summed E-state index contributed by atoms with van der Waals surface area (Å²) in [7, 11) is 1.89. The van der Waals surface area contributed by atoms with Crippen molar-refractivity contribution >= 4 is 33.3 Å². The van der Waals surface area contributed by atoms with Crippen molar-refractivity contribution in [1.29, 1.82) is 0 Å². The third-order valence-electron chi connectivity index (χ3n) is 2.62. The predicted molar refractivity (Wildman–Crippen MR) is 76.7 cm³/mol. The van der Waals surface area contributed by atoms with Gasteiger partial charge in [-0.3, -0.25) is 0 Å². The summed E-state index contributed by atoms with van der Waals surface area (Å²) in [6, 6.07) is 7.27. The summed E-state index contributed by atoms with van der Waals surface area (Å²) < 4.78 is 0.804. The fraction of sp³-hybridized carbons (Fsp3) is 0.0833. The van der Waals surface area contributed by atoms with Crippen LogP contribution in [-0.2, 0) is 0 Å². The molecule has 0 saturated heterocycles. The molecule has 0 aliphatic rings. The zero-order chi connectivity index (χ0) is 13.8. The van der Waals surface area contributed by atoms with Gasteiger partial charge in [0.2, 0.25) is 0 Å². The van der Waals surface area contributed by atoms with E-state index >= 15 is 0 Å². The van der Waals surface area contributed by atoms with Crippen molar-refractivity contribution in [2.45, 2.75) is 0 Å². The van der Waals surface area contributed by atoms with Crippen LogP contribution in [0, 0.1) is 0 Å². The van der Waals surface area contributed by atoms with Gasteiger partial charge in [0.1, 0.15) is 6.33 Å². The van der Waals surface area contributed by atoms with Gasteiger partial charge in [0, 0.05) is 24.5 Å². The number of halogens is 1. The Morgan fingerprint density at radius 2 is 2.05 bits per heavy atom. The van der Waals surface area contributed by atoms with Crippen molar-refractivity contribution in [3.8, 4) is 0 Å². The Morgan fingerprint density at radius 1 is 1.37 bits per heavy atom. The topological polar surface area (TPSA) is 87.6 Å². The van der Waals surface area contributed by atoms with E-state index < -0.39 is 0 Å². The van der Waals surface area contributed by atoms with E-state index in [9.17, 15) is 0 Å². The number of aromatic nitrogens is 2. The Kier molecular flexibility index (Phi) is 3.96. The van der Waals surface area contributed by atoms with Gasteiger partial charge in [-0.05, 0) is 40.2 Å². The average Bonchev–Trinajstić information content (AvgIpc) is 2.46. The number of nitrogens with two attached hydrogens (primary N) is 1. The minimum atomic E-state index is 0.0809.